The maximum Gasteiger partial charge on any atom is 0.115 e. The van der Waals surface area contributed by atoms with Crippen LogP contribution in [0.1, 0.15) is 43.2 Å². The molecule has 2 bridgehead atoms. The summed E-state index contributed by atoms with van der Waals surface area (Å²) < 4.78 is 0. The summed E-state index contributed by atoms with van der Waals surface area (Å²) in [5.74, 6) is 1.98. The van der Waals surface area contributed by atoms with Gasteiger partial charge in [-0.05, 0) is 80.2 Å². The third-order valence-electron chi connectivity index (χ3n) is 6.33. The van der Waals surface area contributed by atoms with Gasteiger partial charge in [0.05, 0.1) is 0 Å². The molecule has 1 saturated heterocycles. The number of hydrogen-bond donors (Lipinski definition) is 2. The van der Waals surface area contributed by atoms with Crippen molar-refractivity contribution in [3.63, 3.8) is 0 Å². The number of fused-ring (bicyclic) bond motifs is 1. The Morgan fingerprint density at radius 1 is 1.38 bits per heavy atom. The molecule has 21 heavy (non-hydrogen) atoms. The summed E-state index contributed by atoms with van der Waals surface area (Å²) in [4.78, 5) is 0. The first-order valence-electron chi connectivity index (χ1n) is 8.39. The Morgan fingerprint density at radius 2 is 2.29 bits per heavy atom. The zero-order valence-electron chi connectivity index (χ0n) is 12.6. The van der Waals surface area contributed by atoms with Crippen molar-refractivity contribution in [2.24, 2.45) is 11.8 Å². The van der Waals surface area contributed by atoms with Gasteiger partial charge >= 0.3 is 0 Å². The first kappa shape index (κ1) is 13.4. The number of phenolic OH excluding ortho intramolecular Hbond substituents is 1. The molecule has 0 radical (unpaired) electrons. The van der Waals surface area contributed by atoms with Crippen molar-refractivity contribution in [1.29, 1.82) is 0 Å². The van der Waals surface area contributed by atoms with Crippen LogP contribution < -0.4 is 5.32 Å². The second-order valence-electron chi connectivity index (χ2n) is 7.28. The summed E-state index contributed by atoms with van der Waals surface area (Å²) in [6.07, 6.45) is 9.52. The second-order valence-corrected chi connectivity index (χ2v) is 7.28. The molecule has 3 aliphatic rings. The molecule has 2 nitrogen and oxygen atoms in total. The van der Waals surface area contributed by atoms with Gasteiger partial charge in [-0.1, -0.05) is 12.1 Å². The van der Waals surface area contributed by atoms with Gasteiger partial charge in [-0.3, -0.25) is 0 Å². The van der Waals surface area contributed by atoms with Crippen LogP contribution in [0.3, 0.4) is 0 Å². The van der Waals surface area contributed by atoms with E-state index in [2.05, 4.69) is 30.1 Å². The van der Waals surface area contributed by atoms with Gasteiger partial charge in [-0.2, -0.15) is 0 Å². The number of nitrogens with one attached hydrogen (secondary N) is 1. The molecule has 4 atom stereocenters. The average Bonchev–Trinajstić information content (AvgIpc) is 2.49. The van der Waals surface area contributed by atoms with Crippen molar-refractivity contribution < 1.29 is 5.11 Å². The van der Waals surface area contributed by atoms with E-state index < -0.39 is 0 Å². The molecule has 2 aliphatic carbocycles. The predicted octanol–water partition coefficient (Wildman–Crippen LogP) is 3.54. The summed E-state index contributed by atoms with van der Waals surface area (Å²) in [6.45, 7) is 5.06. The monoisotopic (exact) mass is 283 g/mol. The van der Waals surface area contributed by atoms with Crippen LogP contribution >= 0.6 is 0 Å². The van der Waals surface area contributed by atoms with E-state index in [4.69, 9.17) is 0 Å². The Hall–Kier alpha value is -1.28. The van der Waals surface area contributed by atoms with E-state index in [-0.39, 0.29) is 0 Å². The maximum absolute atomic E-state index is 9.98. The topological polar surface area (TPSA) is 32.3 Å². The van der Waals surface area contributed by atoms with Gasteiger partial charge < -0.3 is 10.4 Å². The lowest BCUT2D eigenvalue weighted by molar-refractivity contribution is 0.0529. The van der Waals surface area contributed by atoms with Gasteiger partial charge in [0.2, 0.25) is 0 Å². The first-order valence-corrected chi connectivity index (χ1v) is 8.39. The van der Waals surface area contributed by atoms with Crippen LogP contribution in [0, 0.1) is 11.8 Å². The summed E-state index contributed by atoms with van der Waals surface area (Å²) in [5, 5.41) is 13.8. The molecule has 2 heteroatoms. The summed E-state index contributed by atoms with van der Waals surface area (Å²) in [5.41, 5.74) is 3.24. The molecule has 0 amide bonds. The van der Waals surface area contributed by atoms with Crippen molar-refractivity contribution in [3.05, 3.63) is 42.0 Å². The molecule has 0 spiro atoms. The normalized spacial score (nSPS) is 37.4. The lowest BCUT2D eigenvalue weighted by Crippen LogP contribution is -2.60. The zero-order chi connectivity index (χ0) is 14.4. The first-order chi connectivity index (χ1) is 10.2. The molecule has 1 aromatic rings. The van der Waals surface area contributed by atoms with Gasteiger partial charge in [0.15, 0.2) is 0 Å². The lowest BCUT2D eigenvalue weighted by Gasteiger charge is -2.57. The maximum atomic E-state index is 9.98. The predicted molar refractivity (Wildman–Crippen MR) is 85.5 cm³/mol. The van der Waals surface area contributed by atoms with Gasteiger partial charge in [0.1, 0.15) is 5.75 Å². The molecule has 0 aromatic heterocycles. The fourth-order valence-corrected chi connectivity index (χ4v) is 5.41. The van der Waals surface area contributed by atoms with Crippen molar-refractivity contribution >= 4 is 0 Å². The molecule has 1 aliphatic heterocycles. The molecule has 2 N–H and O–H groups in total. The Morgan fingerprint density at radius 3 is 3.14 bits per heavy atom. The number of allylic oxidation sites excluding steroid dienone is 1. The van der Waals surface area contributed by atoms with Crippen LogP contribution in [0.4, 0.5) is 0 Å². The fourth-order valence-electron chi connectivity index (χ4n) is 5.41. The third-order valence-corrected chi connectivity index (χ3v) is 6.33. The molecule has 1 aromatic carbocycles. The van der Waals surface area contributed by atoms with Crippen LogP contribution in [0.25, 0.3) is 0 Å². The fraction of sp³-hybridized carbons (Fsp3) is 0.579. The van der Waals surface area contributed by atoms with E-state index in [0.29, 0.717) is 17.2 Å². The highest BCUT2D eigenvalue weighted by molar-refractivity contribution is 5.45. The van der Waals surface area contributed by atoms with Crippen LogP contribution in [0.15, 0.2) is 30.9 Å². The van der Waals surface area contributed by atoms with E-state index in [9.17, 15) is 5.11 Å². The quantitative estimate of drug-likeness (QED) is 0.814. The van der Waals surface area contributed by atoms with Gasteiger partial charge in [0, 0.05) is 11.5 Å². The minimum Gasteiger partial charge on any atom is -0.508 e. The number of aromatic hydroxyl groups is 1. The minimum absolute atomic E-state index is 0.319. The van der Waals surface area contributed by atoms with Crippen LogP contribution in [0.5, 0.6) is 5.75 Å². The largest absolute Gasteiger partial charge is 0.508 e. The highest BCUT2D eigenvalue weighted by atomic mass is 16.3. The van der Waals surface area contributed by atoms with Crippen molar-refractivity contribution in [2.75, 3.05) is 6.54 Å². The van der Waals surface area contributed by atoms with Crippen molar-refractivity contribution in [3.8, 4) is 5.75 Å². The van der Waals surface area contributed by atoms with E-state index >= 15 is 0 Å². The number of phenols is 1. The highest BCUT2D eigenvalue weighted by Gasteiger charge is 2.52. The summed E-state index contributed by atoms with van der Waals surface area (Å²) in [6, 6.07) is 6.70. The number of hydrogen-bond acceptors (Lipinski definition) is 2. The van der Waals surface area contributed by atoms with Crippen LogP contribution in [-0.2, 0) is 11.8 Å². The molecule has 1 saturated carbocycles. The smallest absolute Gasteiger partial charge is 0.115 e. The molecule has 1 heterocycles. The van der Waals surface area contributed by atoms with Crippen LogP contribution in [-0.4, -0.2) is 17.7 Å². The average molecular weight is 283 g/mol. The van der Waals surface area contributed by atoms with Gasteiger partial charge in [-0.25, -0.2) is 0 Å². The summed E-state index contributed by atoms with van der Waals surface area (Å²) in [7, 11) is 0. The van der Waals surface area contributed by atoms with Crippen molar-refractivity contribution in [1.82, 2.24) is 5.32 Å². The van der Waals surface area contributed by atoms with Gasteiger partial charge in [-0.15, -0.1) is 6.58 Å². The lowest BCUT2D eigenvalue weighted by atomic mass is 9.51. The Bertz CT molecular complexity index is 567. The Labute approximate surface area is 127 Å². The number of piperidine rings is 1. The molecule has 2 fully saturated rings. The standard InChI is InChI=1S/C19H25NO/c1-2-3-13-6-7-19-8-9-20-18(17(19)10-13)11-14-4-5-15(21)12-16(14)19/h2,4-5,12-13,17-18,20-21H,1,3,6-11H2/t13?,17-,18+,19-/m0/s1. The second kappa shape index (κ2) is 4.88. The molecular weight excluding hydrogens is 258 g/mol. The molecule has 4 rings (SSSR count). The summed E-state index contributed by atoms with van der Waals surface area (Å²) >= 11 is 0. The molecular formula is C19H25NO. The number of benzene rings is 1. The van der Waals surface area contributed by atoms with E-state index in [1.807, 2.05) is 6.07 Å². The van der Waals surface area contributed by atoms with Gasteiger partial charge in [0.25, 0.3) is 0 Å². The number of rotatable bonds is 2. The third kappa shape index (κ3) is 1.96. The van der Waals surface area contributed by atoms with Crippen LogP contribution in [0.2, 0.25) is 0 Å². The highest BCUT2D eigenvalue weighted by Crippen LogP contribution is 2.55. The van der Waals surface area contributed by atoms with E-state index in [0.717, 1.165) is 31.2 Å². The SMILES string of the molecule is C=CCC1CC[C@]23CCN[C@H](Cc4ccc(O)cc42)[C@@H]3C1. The van der Waals surface area contributed by atoms with E-state index in [1.54, 1.807) is 0 Å². The minimum atomic E-state index is 0.319. The van der Waals surface area contributed by atoms with Crippen molar-refractivity contribution in [2.45, 2.75) is 50.0 Å². The van der Waals surface area contributed by atoms with E-state index in [1.165, 1.54) is 36.8 Å². The Kier molecular flexibility index (Phi) is 3.11. The molecule has 1 unspecified atom stereocenters. The molecule has 112 valence electrons. The Balaban J connectivity index is 1.77. The zero-order valence-corrected chi connectivity index (χ0v) is 12.6.